The highest BCUT2D eigenvalue weighted by Crippen LogP contribution is 2.23. The van der Waals surface area contributed by atoms with Crippen LogP contribution in [-0.2, 0) is 27.2 Å². The molecule has 0 radical (unpaired) electrons. The zero-order chi connectivity index (χ0) is 33.3. The first kappa shape index (κ1) is 34.6. The molecule has 7 heteroatoms. The zero-order valence-electron chi connectivity index (χ0n) is 28.1. The lowest BCUT2D eigenvalue weighted by molar-refractivity contribution is -0.149. The van der Waals surface area contributed by atoms with Gasteiger partial charge in [0.2, 0.25) is 17.7 Å². The maximum atomic E-state index is 14.5. The summed E-state index contributed by atoms with van der Waals surface area (Å²) in [6.45, 7) is 7.39. The average molecular weight is 623 g/mol. The molecule has 46 heavy (non-hydrogen) atoms. The van der Waals surface area contributed by atoms with Crippen molar-refractivity contribution in [2.45, 2.75) is 70.5 Å². The molecular weight excluding hydrogens is 572 g/mol. The summed E-state index contributed by atoms with van der Waals surface area (Å²) in [7, 11) is 3.37. The van der Waals surface area contributed by atoms with E-state index in [0.717, 1.165) is 35.1 Å². The van der Waals surface area contributed by atoms with Crippen LogP contribution in [0, 0.1) is 5.92 Å². The van der Waals surface area contributed by atoms with E-state index in [1.807, 2.05) is 91.5 Å². The Bertz CT molecular complexity index is 1460. The summed E-state index contributed by atoms with van der Waals surface area (Å²) in [5.74, 6) is -0.0223. The second-order valence-corrected chi connectivity index (χ2v) is 13.5. The van der Waals surface area contributed by atoms with E-state index in [9.17, 15) is 14.4 Å². The number of piperidine rings is 1. The van der Waals surface area contributed by atoms with Crippen LogP contribution in [0.25, 0.3) is 11.1 Å². The van der Waals surface area contributed by atoms with Gasteiger partial charge in [0, 0.05) is 45.6 Å². The summed E-state index contributed by atoms with van der Waals surface area (Å²) in [4.78, 5) is 47.0. The second kappa shape index (κ2) is 15.9. The summed E-state index contributed by atoms with van der Waals surface area (Å²) in [6, 6.07) is 26.5. The van der Waals surface area contributed by atoms with E-state index >= 15 is 0 Å². The summed E-state index contributed by atoms with van der Waals surface area (Å²) >= 11 is 0. The molecule has 0 bridgehead atoms. The van der Waals surface area contributed by atoms with Gasteiger partial charge >= 0.3 is 0 Å². The molecule has 1 fully saturated rings. The number of carbonyl (C=O) groups excluding carboxylic acids is 3. The quantitative estimate of drug-likeness (QED) is 0.261. The predicted molar refractivity (Wildman–Crippen MR) is 186 cm³/mol. The molecule has 3 aromatic rings. The number of likely N-dealkylation sites (N-methyl/N-ethyl adjacent to an activating group) is 2. The van der Waals surface area contributed by atoms with Crippen LogP contribution in [-0.4, -0.2) is 77.2 Å². The molecule has 0 saturated carbocycles. The van der Waals surface area contributed by atoms with Crippen LogP contribution in [0.2, 0.25) is 0 Å². The van der Waals surface area contributed by atoms with Gasteiger partial charge in [-0.25, -0.2) is 0 Å². The smallest absolute Gasteiger partial charge is 0.246 e. The van der Waals surface area contributed by atoms with Crippen LogP contribution in [0.5, 0.6) is 0 Å². The van der Waals surface area contributed by atoms with E-state index in [4.69, 9.17) is 5.73 Å². The molecule has 1 saturated heterocycles. The highest BCUT2D eigenvalue weighted by atomic mass is 16.2. The van der Waals surface area contributed by atoms with Crippen LogP contribution in [0.1, 0.15) is 51.2 Å². The first-order valence-electron chi connectivity index (χ1n) is 16.4. The molecule has 3 amide bonds. The first-order chi connectivity index (χ1) is 21.9. The normalized spacial score (nSPS) is 15.4. The summed E-state index contributed by atoms with van der Waals surface area (Å²) in [5.41, 5.74) is 9.76. The SMILES string of the molecule is CC1CCN(C(=O)[C@@H](Cc2ccccc2)N(C)C(=O)[C@@H](Cc2ccc(-c3ccccc3)cc2)N(C)C(=O)/C=C/CC(C)(C)N)CC1. The molecule has 2 N–H and O–H groups in total. The van der Waals surface area contributed by atoms with E-state index in [2.05, 4.69) is 19.1 Å². The van der Waals surface area contributed by atoms with Crippen LogP contribution >= 0.6 is 0 Å². The minimum Gasteiger partial charge on any atom is -0.341 e. The maximum Gasteiger partial charge on any atom is 0.246 e. The van der Waals surface area contributed by atoms with Crippen LogP contribution in [0.4, 0.5) is 0 Å². The molecule has 0 spiro atoms. The van der Waals surface area contributed by atoms with E-state index < -0.39 is 17.6 Å². The van der Waals surface area contributed by atoms with Gasteiger partial charge in [-0.05, 0) is 67.4 Å². The molecule has 1 aliphatic heterocycles. The Morgan fingerprint density at radius 2 is 1.33 bits per heavy atom. The van der Waals surface area contributed by atoms with E-state index in [1.165, 1.54) is 11.0 Å². The fraction of sp³-hybridized carbons (Fsp3) is 0.410. The summed E-state index contributed by atoms with van der Waals surface area (Å²) in [6.07, 6.45) is 6.39. The monoisotopic (exact) mass is 622 g/mol. The summed E-state index contributed by atoms with van der Waals surface area (Å²) < 4.78 is 0. The zero-order valence-corrected chi connectivity index (χ0v) is 28.1. The van der Waals surface area contributed by atoms with Crippen molar-refractivity contribution < 1.29 is 14.4 Å². The standard InChI is InChI=1S/C39H50N4O3/c1-29-22-25-43(26-23-29)38(46)35(27-30-13-8-6-9-14-30)42(5)37(45)34(41(4)36(44)17-12-24-39(2,3)40)28-31-18-20-33(21-19-31)32-15-10-7-11-16-32/h6-21,29,34-35H,22-28,40H2,1-5H3/b17-12+/t34-,35-/m1/s1. The molecule has 2 atom stereocenters. The molecule has 0 aromatic heterocycles. The number of benzene rings is 3. The van der Waals surface area contributed by atoms with Gasteiger partial charge in [-0.1, -0.05) is 97.9 Å². The summed E-state index contributed by atoms with van der Waals surface area (Å²) in [5, 5.41) is 0. The molecule has 3 aromatic carbocycles. The van der Waals surface area contributed by atoms with Crippen LogP contribution in [0.15, 0.2) is 97.1 Å². The van der Waals surface area contributed by atoms with Crippen molar-refractivity contribution in [2.24, 2.45) is 11.7 Å². The maximum absolute atomic E-state index is 14.5. The molecular formula is C39H50N4O3. The molecule has 1 heterocycles. The number of hydrogen-bond acceptors (Lipinski definition) is 4. The fourth-order valence-corrected chi connectivity index (χ4v) is 5.87. The Kier molecular flexibility index (Phi) is 11.9. The first-order valence-corrected chi connectivity index (χ1v) is 16.4. The van der Waals surface area contributed by atoms with Gasteiger partial charge in [0.15, 0.2) is 0 Å². The lowest BCUT2D eigenvalue weighted by atomic mass is 9.96. The number of rotatable bonds is 12. The third-order valence-corrected chi connectivity index (χ3v) is 8.96. The molecule has 0 unspecified atom stereocenters. The molecule has 244 valence electrons. The van der Waals surface area contributed by atoms with Crippen molar-refractivity contribution in [1.29, 1.82) is 0 Å². The van der Waals surface area contributed by atoms with Crippen molar-refractivity contribution in [3.63, 3.8) is 0 Å². The van der Waals surface area contributed by atoms with Crippen molar-refractivity contribution >= 4 is 17.7 Å². The van der Waals surface area contributed by atoms with Crippen LogP contribution in [0.3, 0.4) is 0 Å². The predicted octanol–water partition coefficient (Wildman–Crippen LogP) is 5.73. The van der Waals surface area contributed by atoms with Gasteiger partial charge in [0.25, 0.3) is 0 Å². The van der Waals surface area contributed by atoms with Gasteiger partial charge in [0.1, 0.15) is 12.1 Å². The number of nitrogens with two attached hydrogens (primary N) is 1. The van der Waals surface area contributed by atoms with Crippen molar-refractivity contribution in [3.05, 3.63) is 108 Å². The minimum atomic E-state index is -0.817. The van der Waals surface area contributed by atoms with E-state index in [1.54, 1.807) is 25.1 Å². The van der Waals surface area contributed by atoms with Gasteiger partial charge in [-0.3, -0.25) is 14.4 Å². The number of amides is 3. The Balaban J connectivity index is 1.63. The fourth-order valence-electron chi connectivity index (χ4n) is 5.87. The Labute approximate surface area is 275 Å². The van der Waals surface area contributed by atoms with E-state index in [-0.39, 0.29) is 17.7 Å². The number of carbonyl (C=O) groups is 3. The Morgan fingerprint density at radius 1 is 0.804 bits per heavy atom. The van der Waals surface area contributed by atoms with Crippen molar-refractivity contribution in [2.75, 3.05) is 27.2 Å². The van der Waals surface area contributed by atoms with Gasteiger partial charge in [-0.15, -0.1) is 0 Å². The van der Waals surface area contributed by atoms with Gasteiger partial charge in [0.05, 0.1) is 0 Å². The molecule has 7 nitrogen and oxygen atoms in total. The lowest BCUT2D eigenvalue weighted by Gasteiger charge is -2.38. The van der Waals surface area contributed by atoms with Crippen LogP contribution < -0.4 is 5.73 Å². The van der Waals surface area contributed by atoms with Gasteiger partial charge < -0.3 is 20.4 Å². The third-order valence-electron chi connectivity index (χ3n) is 8.96. The molecule has 1 aliphatic rings. The molecule has 0 aliphatic carbocycles. The Hall–Kier alpha value is -4.23. The van der Waals surface area contributed by atoms with Crippen molar-refractivity contribution in [3.8, 4) is 11.1 Å². The second-order valence-electron chi connectivity index (χ2n) is 13.5. The minimum absolute atomic E-state index is 0.0448. The number of likely N-dealkylation sites (tertiary alicyclic amines) is 1. The van der Waals surface area contributed by atoms with Crippen molar-refractivity contribution in [1.82, 2.24) is 14.7 Å². The van der Waals surface area contributed by atoms with Gasteiger partial charge in [-0.2, -0.15) is 0 Å². The largest absolute Gasteiger partial charge is 0.341 e. The third kappa shape index (κ3) is 9.63. The molecule has 4 rings (SSSR count). The lowest BCUT2D eigenvalue weighted by Crippen LogP contribution is -2.57. The highest BCUT2D eigenvalue weighted by molar-refractivity contribution is 5.95. The average Bonchev–Trinajstić information content (AvgIpc) is 3.05. The Morgan fingerprint density at radius 3 is 1.91 bits per heavy atom. The topological polar surface area (TPSA) is 87.0 Å². The van der Waals surface area contributed by atoms with E-state index in [0.29, 0.717) is 38.3 Å². The number of hydrogen-bond donors (Lipinski definition) is 1. The highest BCUT2D eigenvalue weighted by Gasteiger charge is 2.37. The number of nitrogens with zero attached hydrogens (tertiary/aromatic N) is 3.